The Labute approximate surface area is 186 Å². The molecule has 7 heteroatoms. The number of rotatable bonds is 6. The van der Waals surface area contributed by atoms with Crippen LogP contribution in [0.3, 0.4) is 0 Å². The molecular weight excluding hydrogens is 402 g/mol. The minimum absolute atomic E-state index is 0.000514. The van der Waals surface area contributed by atoms with E-state index in [0.717, 1.165) is 35.1 Å². The number of para-hydroxylation sites is 1. The van der Waals surface area contributed by atoms with Crippen molar-refractivity contribution >= 4 is 28.0 Å². The van der Waals surface area contributed by atoms with E-state index in [4.69, 9.17) is 9.83 Å². The van der Waals surface area contributed by atoms with E-state index in [1.807, 2.05) is 24.3 Å². The van der Waals surface area contributed by atoms with E-state index >= 15 is 0 Å². The van der Waals surface area contributed by atoms with Crippen LogP contribution in [0.15, 0.2) is 52.6 Å². The molecule has 0 spiro atoms. The summed E-state index contributed by atoms with van der Waals surface area (Å²) in [5.41, 5.74) is 4.56. The molecule has 3 aromatic rings. The highest BCUT2D eigenvalue weighted by Crippen LogP contribution is 2.36. The van der Waals surface area contributed by atoms with Crippen LogP contribution in [0.4, 0.5) is 5.69 Å². The maximum atomic E-state index is 10.7. The van der Waals surface area contributed by atoms with Gasteiger partial charge in [0.2, 0.25) is 0 Å². The maximum Gasteiger partial charge on any atom is 0.199 e. The Kier molecular flexibility index (Phi) is 5.61. The summed E-state index contributed by atoms with van der Waals surface area (Å²) < 4.78 is 0. The summed E-state index contributed by atoms with van der Waals surface area (Å²) in [6.45, 7) is 3.88. The number of benzene rings is 2. The van der Waals surface area contributed by atoms with Crippen LogP contribution in [0, 0.1) is 11.3 Å². The quantitative estimate of drug-likeness (QED) is 0.448. The van der Waals surface area contributed by atoms with Crippen LogP contribution in [-0.4, -0.2) is 52.7 Å². The van der Waals surface area contributed by atoms with Crippen LogP contribution >= 0.6 is 0 Å². The molecule has 32 heavy (non-hydrogen) atoms. The number of H-pyrrole nitrogens is 1. The van der Waals surface area contributed by atoms with Crippen LogP contribution in [0.2, 0.25) is 0 Å². The molecule has 2 aromatic carbocycles. The van der Waals surface area contributed by atoms with Crippen molar-refractivity contribution in [1.82, 2.24) is 9.88 Å². The minimum atomic E-state index is -0.000514. The molecule has 1 fully saturated rings. The van der Waals surface area contributed by atoms with Crippen molar-refractivity contribution in [3.8, 4) is 11.9 Å². The average molecular weight is 428 g/mol. The van der Waals surface area contributed by atoms with Crippen LogP contribution in [0.1, 0.15) is 42.4 Å². The number of nitrogens with zero attached hydrogens (tertiary/aromatic N) is 4. The van der Waals surface area contributed by atoms with Crippen molar-refractivity contribution < 1.29 is 9.94 Å². The Balaban J connectivity index is 1.42. The SMILES string of the molecule is N#Cc1ccc2[nH]c(O)c(C3=Nc4ccccc4/C3=N\OCCCN3CCCCC3)c2c1. The second kappa shape index (κ2) is 8.85. The lowest BCUT2D eigenvalue weighted by Gasteiger charge is -2.25. The Morgan fingerprint density at radius 2 is 2.00 bits per heavy atom. The smallest absolute Gasteiger partial charge is 0.199 e. The van der Waals surface area contributed by atoms with Gasteiger partial charge in [-0.05, 0) is 56.6 Å². The van der Waals surface area contributed by atoms with Gasteiger partial charge in [-0.25, -0.2) is 4.99 Å². The number of likely N-dealkylation sites (tertiary alicyclic amines) is 1. The number of aromatic amines is 1. The van der Waals surface area contributed by atoms with Gasteiger partial charge in [-0.2, -0.15) is 5.26 Å². The van der Waals surface area contributed by atoms with Crippen LogP contribution < -0.4 is 0 Å². The minimum Gasteiger partial charge on any atom is -0.494 e. The number of nitrogens with one attached hydrogen (secondary N) is 1. The van der Waals surface area contributed by atoms with Gasteiger partial charge >= 0.3 is 0 Å². The predicted molar refractivity (Wildman–Crippen MR) is 125 cm³/mol. The van der Waals surface area contributed by atoms with E-state index in [-0.39, 0.29) is 5.88 Å². The van der Waals surface area contributed by atoms with Crippen molar-refractivity contribution in [1.29, 1.82) is 5.26 Å². The molecule has 0 aliphatic carbocycles. The van der Waals surface area contributed by atoms with Gasteiger partial charge in [0, 0.05) is 23.0 Å². The molecule has 0 amide bonds. The van der Waals surface area contributed by atoms with E-state index in [0.29, 0.717) is 29.2 Å². The van der Waals surface area contributed by atoms with Crippen molar-refractivity contribution in [2.45, 2.75) is 25.7 Å². The Morgan fingerprint density at radius 1 is 1.16 bits per heavy atom. The molecular formula is C25H25N5O2. The van der Waals surface area contributed by atoms with Gasteiger partial charge in [0.15, 0.2) is 5.88 Å². The van der Waals surface area contributed by atoms with Gasteiger partial charge in [0.25, 0.3) is 0 Å². The van der Waals surface area contributed by atoms with Crippen molar-refractivity contribution in [3.63, 3.8) is 0 Å². The lowest BCUT2D eigenvalue weighted by molar-refractivity contribution is 0.125. The number of nitriles is 1. The predicted octanol–water partition coefficient (Wildman–Crippen LogP) is 4.48. The molecule has 1 aromatic heterocycles. The summed E-state index contributed by atoms with van der Waals surface area (Å²) in [6, 6.07) is 15.1. The number of oxime groups is 1. The third-order valence-electron chi connectivity index (χ3n) is 6.07. The monoisotopic (exact) mass is 427 g/mol. The zero-order chi connectivity index (χ0) is 21.9. The zero-order valence-corrected chi connectivity index (χ0v) is 17.8. The summed E-state index contributed by atoms with van der Waals surface area (Å²) in [5.74, 6) is -0.000514. The van der Waals surface area contributed by atoms with E-state index < -0.39 is 0 Å². The second-order valence-electron chi connectivity index (χ2n) is 8.23. The average Bonchev–Trinajstić information content (AvgIpc) is 3.35. The van der Waals surface area contributed by atoms with Gasteiger partial charge in [-0.1, -0.05) is 29.8 Å². The highest BCUT2D eigenvalue weighted by molar-refractivity contribution is 6.58. The van der Waals surface area contributed by atoms with Crippen LogP contribution in [0.5, 0.6) is 5.88 Å². The zero-order valence-electron chi connectivity index (χ0n) is 17.8. The summed E-state index contributed by atoms with van der Waals surface area (Å²) in [6.07, 6.45) is 4.80. The molecule has 5 rings (SSSR count). The fourth-order valence-electron chi connectivity index (χ4n) is 4.47. The second-order valence-corrected chi connectivity index (χ2v) is 8.23. The molecule has 2 aliphatic rings. The number of aromatic hydroxyl groups is 1. The van der Waals surface area contributed by atoms with E-state index in [1.165, 1.54) is 32.4 Å². The fraction of sp³-hybridized carbons (Fsp3) is 0.320. The van der Waals surface area contributed by atoms with Gasteiger partial charge in [0.05, 0.1) is 22.9 Å². The topological polar surface area (TPSA) is 97.0 Å². The van der Waals surface area contributed by atoms with Gasteiger partial charge < -0.3 is 19.8 Å². The lowest BCUT2D eigenvalue weighted by Crippen LogP contribution is -2.31. The molecule has 0 saturated carbocycles. The molecule has 0 bridgehead atoms. The van der Waals surface area contributed by atoms with E-state index in [1.54, 1.807) is 18.2 Å². The maximum absolute atomic E-state index is 10.7. The molecule has 3 heterocycles. The normalized spacial score (nSPS) is 17.3. The number of fused-ring (bicyclic) bond motifs is 2. The summed E-state index contributed by atoms with van der Waals surface area (Å²) in [5, 5.41) is 25.2. The largest absolute Gasteiger partial charge is 0.494 e. The van der Waals surface area contributed by atoms with E-state index in [2.05, 4.69) is 21.1 Å². The summed E-state index contributed by atoms with van der Waals surface area (Å²) in [4.78, 5) is 15.9. The van der Waals surface area contributed by atoms with Gasteiger partial charge in [0.1, 0.15) is 18.0 Å². The number of aromatic nitrogens is 1. The van der Waals surface area contributed by atoms with Crippen molar-refractivity contribution in [2.24, 2.45) is 10.1 Å². The van der Waals surface area contributed by atoms with Crippen LogP contribution in [-0.2, 0) is 4.84 Å². The number of hydrogen-bond donors (Lipinski definition) is 2. The summed E-state index contributed by atoms with van der Waals surface area (Å²) in [7, 11) is 0. The molecule has 1 saturated heterocycles. The number of hydrogen-bond acceptors (Lipinski definition) is 6. The molecule has 2 N–H and O–H groups in total. The summed E-state index contributed by atoms with van der Waals surface area (Å²) >= 11 is 0. The Morgan fingerprint density at radius 3 is 2.84 bits per heavy atom. The third-order valence-corrected chi connectivity index (χ3v) is 6.07. The Bertz CT molecular complexity index is 1240. The highest BCUT2D eigenvalue weighted by Gasteiger charge is 2.29. The van der Waals surface area contributed by atoms with Crippen LogP contribution in [0.25, 0.3) is 10.9 Å². The van der Waals surface area contributed by atoms with Crippen molar-refractivity contribution in [2.75, 3.05) is 26.2 Å². The first kappa shape index (κ1) is 20.3. The first-order valence-corrected chi connectivity index (χ1v) is 11.1. The number of aliphatic imine (C=N–C) groups is 1. The molecule has 2 aliphatic heterocycles. The van der Waals surface area contributed by atoms with Gasteiger partial charge in [-0.15, -0.1) is 0 Å². The van der Waals surface area contributed by atoms with E-state index in [9.17, 15) is 10.4 Å². The molecule has 162 valence electrons. The van der Waals surface area contributed by atoms with Gasteiger partial charge in [-0.3, -0.25) is 0 Å². The fourth-order valence-corrected chi connectivity index (χ4v) is 4.47. The third kappa shape index (κ3) is 3.85. The lowest BCUT2D eigenvalue weighted by atomic mass is 10.0. The number of piperidine rings is 1. The molecule has 0 atom stereocenters. The molecule has 7 nitrogen and oxygen atoms in total. The highest BCUT2D eigenvalue weighted by atomic mass is 16.6. The molecule has 0 unspecified atom stereocenters. The van der Waals surface area contributed by atoms with Crippen molar-refractivity contribution in [3.05, 3.63) is 59.2 Å². The first-order valence-electron chi connectivity index (χ1n) is 11.1. The molecule has 0 radical (unpaired) electrons. The standard InChI is InChI=1S/C25H25N5O2/c26-16-17-9-10-21-19(15-17)22(25(31)28-21)24-23(18-7-2-3-8-20(18)27-24)29-32-14-6-13-30-11-4-1-5-12-30/h2-3,7-10,15,28,31H,1,4-6,11-14H2/b29-23+. The Hall–Kier alpha value is -3.63. The first-order chi connectivity index (χ1) is 15.7.